The second kappa shape index (κ2) is 7.74. The Morgan fingerprint density at radius 2 is 1.93 bits per heavy atom. The number of methoxy groups -OCH3 is 1. The van der Waals surface area contributed by atoms with E-state index in [2.05, 4.69) is 10.3 Å². The van der Waals surface area contributed by atoms with E-state index in [9.17, 15) is 9.90 Å². The van der Waals surface area contributed by atoms with Gasteiger partial charge in [-0.1, -0.05) is 36.4 Å². The van der Waals surface area contributed by atoms with Crippen LogP contribution in [0, 0.1) is 0 Å². The molecule has 0 aliphatic carbocycles. The zero-order valence-electron chi connectivity index (χ0n) is 15.6. The molecule has 1 heterocycles. The van der Waals surface area contributed by atoms with Gasteiger partial charge in [-0.2, -0.15) is 0 Å². The Labute approximate surface area is 163 Å². The fraction of sp³-hybridized carbons (Fsp3) is 0.174. The van der Waals surface area contributed by atoms with Gasteiger partial charge < -0.3 is 20.1 Å². The molecular weight excluding hydrogens is 352 g/mol. The number of amides is 1. The lowest BCUT2D eigenvalue weighted by Crippen LogP contribution is -2.29. The van der Waals surface area contributed by atoms with Crippen molar-refractivity contribution in [1.29, 1.82) is 0 Å². The number of benzene rings is 3. The van der Waals surface area contributed by atoms with Crippen LogP contribution in [0.1, 0.15) is 17.2 Å². The quantitative estimate of drug-likeness (QED) is 0.481. The zero-order valence-corrected chi connectivity index (χ0v) is 15.6. The van der Waals surface area contributed by atoms with Crippen molar-refractivity contribution < 1.29 is 14.6 Å². The Hall–Kier alpha value is -3.31. The molecule has 4 rings (SSSR count). The van der Waals surface area contributed by atoms with Gasteiger partial charge in [0.1, 0.15) is 5.75 Å². The third kappa shape index (κ3) is 3.70. The summed E-state index contributed by atoms with van der Waals surface area (Å²) in [5.41, 5.74) is 2.64. The number of hydrogen-bond donors (Lipinski definition) is 3. The molecule has 0 aliphatic heterocycles. The first-order valence-corrected chi connectivity index (χ1v) is 9.21. The first kappa shape index (κ1) is 18.1. The predicted octanol–water partition coefficient (Wildman–Crippen LogP) is 3.72. The van der Waals surface area contributed by atoms with Crippen LogP contribution < -0.4 is 10.1 Å². The third-order valence-electron chi connectivity index (χ3n) is 4.98. The average Bonchev–Trinajstić information content (AvgIpc) is 3.13. The zero-order chi connectivity index (χ0) is 19.5. The molecule has 3 aromatic carbocycles. The van der Waals surface area contributed by atoms with Crippen molar-refractivity contribution >= 4 is 27.6 Å². The minimum Gasteiger partial charge on any atom is -0.497 e. The molecule has 28 heavy (non-hydrogen) atoms. The van der Waals surface area contributed by atoms with Gasteiger partial charge in [0, 0.05) is 23.6 Å². The number of aliphatic hydroxyl groups excluding tert-OH is 1. The number of hydrogen-bond acceptors (Lipinski definition) is 3. The third-order valence-corrected chi connectivity index (χ3v) is 4.98. The molecule has 0 spiro atoms. The topological polar surface area (TPSA) is 74.4 Å². The molecule has 3 N–H and O–H groups in total. The highest BCUT2D eigenvalue weighted by atomic mass is 16.5. The molecule has 142 valence electrons. The smallest absolute Gasteiger partial charge is 0.224 e. The van der Waals surface area contributed by atoms with Gasteiger partial charge in [-0.25, -0.2) is 0 Å². The minimum atomic E-state index is -0.753. The summed E-state index contributed by atoms with van der Waals surface area (Å²) in [6.45, 7) is 0.169. The molecule has 0 bridgehead atoms. The van der Waals surface area contributed by atoms with Crippen LogP contribution in [0.15, 0.2) is 66.9 Å². The van der Waals surface area contributed by atoms with E-state index < -0.39 is 6.10 Å². The number of carbonyl (C=O) groups is 1. The number of aromatic amines is 1. The van der Waals surface area contributed by atoms with Gasteiger partial charge in [0.2, 0.25) is 5.91 Å². The maximum absolute atomic E-state index is 12.4. The molecular formula is C23H22N2O3. The van der Waals surface area contributed by atoms with Crippen molar-refractivity contribution in [3.8, 4) is 5.75 Å². The van der Waals surface area contributed by atoms with Gasteiger partial charge >= 0.3 is 0 Å². The number of nitrogens with one attached hydrogen (secondary N) is 2. The Morgan fingerprint density at radius 3 is 2.75 bits per heavy atom. The molecule has 5 nitrogen and oxygen atoms in total. The molecule has 0 saturated carbocycles. The van der Waals surface area contributed by atoms with Crippen molar-refractivity contribution in [2.75, 3.05) is 13.7 Å². The maximum Gasteiger partial charge on any atom is 0.224 e. The summed E-state index contributed by atoms with van der Waals surface area (Å²) < 4.78 is 5.26. The number of H-pyrrole nitrogens is 1. The second-order valence-electron chi connectivity index (χ2n) is 6.83. The fourth-order valence-corrected chi connectivity index (χ4v) is 3.41. The van der Waals surface area contributed by atoms with Gasteiger partial charge in [0.25, 0.3) is 0 Å². The lowest BCUT2D eigenvalue weighted by atomic mass is 10.0. The van der Waals surface area contributed by atoms with E-state index in [4.69, 9.17) is 4.74 Å². The summed E-state index contributed by atoms with van der Waals surface area (Å²) in [4.78, 5) is 15.6. The molecule has 1 unspecified atom stereocenters. The summed E-state index contributed by atoms with van der Waals surface area (Å²) >= 11 is 0. The highest BCUT2D eigenvalue weighted by molar-refractivity contribution is 5.89. The van der Waals surface area contributed by atoms with Crippen molar-refractivity contribution in [3.63, 3.8) is 0 Å². The lowest BCUT2D eigenvalue weighted by Gasteiger charge is -2.13. The Bertz CT molecular complexity index is 1130. The van der Waals surface area contributed by atoms with Gasteiger partial charge in [-0.3, -0.25) is 4.79 Å². The molecule has 5 heteroatoms. The molecule has 0 radical (unpaired) electrons. The highest BCUT2D eigenvalue weighted by Crippen LogP contribution is 2.24. The van der Waals surface area contributed by atoms with Crippen LogP contribution in [0.3, 0.4) is 0 Å². The normalized spacial score (nSPS) is 12.2. The molecule has 1 atom stereocenters. The molecule has 0 saturated heterocycles. The summed E-state index contributed by atoms with van der Waals surface area (Å²) in [6.07, 6.45) is 1.32. The molecule has 0 fully saturated rings. The SMILES string of the molecule is COc1ccc2[nH]cc(CC(=O)NCC(O)c3ccc4ccccc4c3)c2c1. The monoisotopic (exact) mass is 374 g/mol. The maximum atomic E-state index is 12.4. The van der Waals surface area contributed by atoms with Crippen LogP contribution >= 0.6 is 0 Å². The van der Waals surface area contributed by atoms with E-state index in [0.29, 0.717) is 0 Å². The average molecular weight is 374 g/mol. The van der Waals surface area contributed by atoms with E-state index in [1.165, 1.54) is 0 Å². The molecule has 0 aliphatic rings. The van der Waals surface area contributed by atoms with Crippen molar-refractivity contribution in [3.05, 3.63) is 78.0 Å². The van der Waals surface area contributed by atoms with Crippen LogP contribution in [-0.2, 0) is 11.2 Å². The number of aromatic nitrogens is 1. The van der Waals surface area contributed by atoms with Gasteiger partial charge in [0.05, 0.1) is 19.6 Å². The fourth-order valence-electron chi connectivity index (χ4n) is 3.41. The lowest BCUT2D eigenvalue weighted by molar-refractivity contribution is -0.120. The molecule has 4 aromatic rings. The first-order valence-electron chi connectivity index (χ1n) is 9.21. The highest BCUT2D eigenvalue weighted by Gasteiger charge is 2.13. The Balaban J connectivity index is 1.41. The summed E-state index contributed by atoms with van der Waals surface area (Å²) in [6, 6.07) is 19.5. The molecule has 1 amide bonds. The van der Waals surface area contributed by atoms with Crippen LogP contribution in [0.25, 0.3) is 21.7 Å². The number of rotatable bonds is 6. The van der Waals surface area contributed by atoms with Crippen LogP contribution in [0.4, 0.5) is 0 Å². The molecule has 1 aromatic heterocycles. The number of ether oxygens (including phenoxy) is 1. The summed E-state index contributed by atoms with van der Waals surface area (Å²) in [5.74, 6) is 0.615. The van der Waals surface area contributed by atoms with Crippen LogP contribution in [0.2, 0.25) is 0 Å². The van der Waals surface area contributed by atoms with Crippen molar-refractivity contribution in [2.45, 2.75) is 12.5 Å². The van der Waals surface area contributed by atoms with Crippen molar-refractivity contribution in [1.82, 2.24) is 10.3 Å². The second-order valence-corrected chi connectivity index (χ2v) is 6.83. The van der Waals surface area contributed by atoms with E-state index in [1.807, 2.05) is 66.9 Å². The summed E-state index contributed by atoms with van der Waals surface area (Å²) in [5, 5.41) is 16.4. The Morgan fingerprint density at radius 1 is 1.11 bits per heavy atom. The number of aliphatic hydroxyl groups is 1. The van der Waals surface area contributed by atoms with Gasteiger partial charge in [-0.15, -0.1) is 0 Å². The van der Waals surface area contributed by atoms with E-state index in [0.717, 1.165) is 38.6 Å². The van der Waals surface area contributed by atoms with Crippen LogP contribution in [-0.4, -0.2) is 29.7 Å². The number of fused-ring (bicyclic) bond motifs is 2. The standard InChI is InChI=1S/C23H22N2O3/c1-28-19-8-9-21-20(12-19)18(13-24-21)11-23(27)25-14-22(26)17-7-6-15-4-2-3-5-16(15)10-17/h2-10,12-13,22,24,26H,11,14H2,1H3,(H,25,27). The first-order chi connectivity index (χ1) is 13.6. The predicted molar refractivity (Wildman–Crippen MR) is 110 cm³/mol. The summed E-state index contributed by atoms with van der Waals surface area (Å²) in [7, 11) is 1.62. The van der Waals surface area contributed by atoms with Crippen molar-refractivity contribution in [2.24, 2.45) is 0 Å². The largest absolute Gasteiger partial charge is 0.497 e. The number of carbonyl (C=O) groups excluding carboxylic acids is 1. The van der Waals surface area contributed by atoms with Crippen LogP contribution in [0.5, 0.6) is 5.75 Å². The van der Waals surface area contributed by atoms with E-state index >= 15 is 0 Å². The van der Waals surface area contributed by atoms with E-state index in [1.54, 1.807) is 7.11 Å². The minimum absolute atomic E-state index is 0.136. The Kier molecular flexibility index (Phi) is 5.00. The van der Waals surface area contributed by atoms with Gasteiger partial charge in [0.15, 0.2) is 0 Å². The van der Waals surface area contributed by atoms with E-state index in [-0.39, 0.29) is 18.9 Å². The van der Waals surface area contributed by atoms with Gasteiger partial charge in [-0.05, 0) is 46.2 Å².